The van der Waals surface area contributed by atoms with Crippen molar-refractivity contribution in [3.05, 3.63) is 23.7 Å². The van der Waals surface area contributed by atoms with E-state index in [2.05, 4.69) is 5.32 Å². The maximum atomic E-state index is 11.7. The molecule has 0 radical (unpaired) electrons. The minimum Gasteiger partial charge on any atom is -0.480 e. The molecule has 2 N–H and O–H groups in total. The molecule has 0 aliphatic heterocycles. The molecule has 1 amide bonds. The predicted octanol–water partition coefficient (Wildman–Crippen LogP) is 1.32. The largest absolute Gasteiger partial charge is 0.480 e. The molecule has 0 saturated heterocycles. The number of carboxylic acids is 1. The highest BCUT2D eigenvalue weighted by Gasteiger charge is 2.25. The van der Waals surface area contributed by atoms with E-state index in [9.17, 15) is 14.4 Å². The quantitative estimate of drug-likeness (QED) is 0.771. The first-order valence-corrected chi connectivity index (χ1v) is 5.47. The molecule has 6 heteroatoms. The maximum Gasteiger partial charge on any atom is 0.326 e. The fraction of sp³-hybridized carbons (Fsp3) is 0.417. The zero-order chi connectivity index (χ0) is 13.9. The summed E-state index contributed by atoms with van der Waals surface area (Å²) in [5.41, 5.74) is 0. The van der Waals surface area contributed by atoms with Gasteiger partial charge in [-0.15, -0.1) is 0 Å². The van der Waals surface area contributed by atoms with E-state index in [0.717, 1.165) is 0 Å². The minimum absolute atomic E-state index is 0.0663. The summed E-state index contributed by atoms with van der Waals surface area (Å²) in [6.45, 7) is 4.68. The van der Waals surface area contributed by atoms with Crippen LogP contribution in [0.3, 0.4) is 0 Å². The van der Waals surface area contributed by atoms with Gasteiger partial charge in [0.15, 0.2) is 17.3 Å². The van der Waals surface area contributed by atoms with Gasteiger partial charge in [0, 0.05) is 6.92 Å². The average Bonchev–Trinajstić information content (AvgIpc) is 2.73. The molecule has 18 heavy (non-hydrogen) atoms. The number of Topliss-reactive ketones (excluding diaryl/α,β-unsaturated/α-hetero) is 1. The number of furan rings is 1. The second kappa shape index (κ2) is 5.48. The standard InChI is InChI=1S/C12H15NO5/c1-6(2)10(12(16)17)13-11(15)9-5-4-8(18-9)7(3)14/h4-6,10H,1-3H3,(H,13,15)(H,16,17)/t10-/m1/s1. The molecule has 1 atom stereocenters. The van der Waals surface area contributed by atoms with Gasteiger partial charge in [-0.3, -0.25) is 9.59 Å². The van der Waals surface area contributed by atoms with E-state index in [1.165, 1.54) is 19.1 Å². The molecular formula is C12H15NO5. The first-order chi connectivity index (χ1) is 8.32. The second-order valence-electron chi connectivity index (χ2n) is 4.25. The van der Waals surface area contributed by atoms with Gasteiger partial charge < -0.3 is 14.8 Å². The number of carboxylic acid groups (broad SMARTS) is 1. The predicted molar refractivity (Wildman–Crippen MR) is 62.4 cm³/mol. The fourth-order valence-corrected chi connectivity index (χ4v) is 1.38. The van der Waals surface area contributed by atoms with Gasteiger partial charge in [0.25, 0.3) is 5.91 Å². The molecule has 0 fully saturated rings. The van der Waals surface area contributed by atoms with Crippen molar-refractivity contribution in [2.24, 2.45) is 5.92 Å². The van der Waals surface area contributed by atoms with Crippen LogP contribution in [0.15, 0.2) is 16.5 Å². The average molecular weight is 253 g/mol. The summed E-state index contributed by atoms with van der Waals surface area (Å²) in [6, 6.07) is 1.72. The number of hydrogen-bond donors (Lipinski definition) is 2. The van der Waals surface area contributed by atoms with Crippen LogP contribution in [0.2, 0.25) is 0 Å². The number of amides is 1. The summed E-state index contributed by atoms with van der Waals surface area (Å²) in [7, 11) is 0. The van der Waals surface area contributed by atoms with Gasteiger partial charge in [-0.1, -0.05) is 13.8 Å². The van der Waals surface area contributed by atoms with E-state index in [1.807, 2.05) is 0 Å². The molecule has 0 aliphatic carbocycles. The summed E-state index contributed by atoms with van der Waals surface area (Å²) < 4.78 is 5.01. The summed E-state index contributed by atoms with van der Waals surface area (Å²) >= 11 is 0. The molecule has 0 aliphatic rings. The first-order valence-electron chi connectivity index (χ1n) is 5.47. The Bertz CT molecular complexity index is 475. The lowest BCUT2D eigenvalue weighted by Gasteiger charge is -2.16. The number of aliphatic carboxylic acids is 1. The van der Waals surface area contributed by atoms with Crippen LogP contribution in [-0.4, -0.2) is 28.8 Å². The van der Waals surface area contributed by atoms with Crippen molar-refractivity contribution in [2.45, 2.75) is 26.8 Å². The Kier molecular flexibility index (Phi) is 4.25. The monoisotopic (exact) mass is 253 g/mol. The Labute approximate surface area is 104 Å². The Morgan fingerprint density at radius 1 is 1.22 bits per heavy atom. The van der Waals surface area contributed by atoms with Crippen molar-refractivity contribution in [1.29, 1.82) is 0 Å². The van der Waals surface area contributed by atoms with Crippen LogP contribution in [0.4, 0.5) is 0 Å². The lowest BCUT2D eigenvalue weighted by molar-refractivity contribution is -0.140. The van der Waals surface area contributed by atoms with Crippen LogP contribution in [0, 0.1) is 5.92 Å². The normalized spacial score (nSPS) is 12.2. The van der Waals surface area contributed by atoms with Crippen molar-refractivity contribution in [1.82, 2.24) is 5.32 Å². The number of rotatable bonds is 5. The highest BCUT2D eigenvalue weighted by molar-refractivity contribution is 5.97. The molecule has 6 nitrogen and oxygen atoms in total. The molecule has 1 rings (SSSR count). The van der Waals surface area contributed by atoms with E-state index < -0.39 is 17.9 Å². The molecule has 1 aromatic rings. The fourth-order valence-electron chi connectivity index (χ4n) is 1.38. The van der Waals surface area contributed by atoms with E-state index in [-0.39, 0.29) is 23.2 Å². The summed E-state index contributed by atoms with van der Waals surface area (Å²) in [6.07, 6.45) is 0. The van der Waals surface area contributed by atoms with Crippen LogP contribution in [-0.2, 0) is 4.79 Å². The highest BCUT2D eigenvalue weighted by Crippen LogP contribution is 2.10. The van der Waals surface area contributed by atoms with Crippen LogP contribution in [0.5, 0.6) is 0 Å². The Morgan fingerprint density at radius 2 is 1.78 bits per heavy atom. The van der Waals surface area contributed by atoms with Crippen molar-refractivity contribution in [3.63, 3.8) is 0 Å². The third kappa shape index (κ3) is 3.19. The molecule has 0 spiro atoms. The Morgan fingerprint density at radius 3 is 2.17 bits per heavy atom. The van der Waals surface area contributed by atoms with Crippen LogP contribution in [0.1, 0.15) is 41.9 Å². The highest BCUT2D eigenvalue weighted by atomic mass is 16.4. The molecule has 98 valence electrons. The molecule has 0 unspecified atom stereocenters. The number of carbonyl (C=O) groups excluding carboxylic acids is 2. The molecule has 0 bridgehead atoms. The van der Waals surface area contributed by atoms with E-state index >= 15 is 0 Å². The number of nitrogens with one attached hydrogen (secondary N) is 1. The minimum atomic E-state index is -1.11. The van der Waals surface area contributed by atoms with Gasteiger partial charge >= 0.3 is 5.97 Å². The zero-order valence-corrected chi connectivity index (χ0v) is 10.4. The number of carbonyl (C=O) groups is 3. The lowest BCUT2D eigenvalue weighted by atomic mass is 10.0. The van der Waals surface area contributed by atoms with Gasteiger partial charge in [-0.2, -0.15) is 0 Å². The molecule has 0 saturated carbocycles. The first kappa shape index (κ1) is 14.0. The lowest BCUT2D eigenvalue weighted by Crippen LogP contribution is -2.44. The van der Waals surface area contributed by atoms with Gasteiger partial charge in [0.2, 0.25) is 0 Å². The number of hydrogen-bond acceptors (Lipinski definition) is 4. The van der Waals surface area contributed by atoms with Crippen LogP contribution < -0.4 is 5.32 Å². The third-order valence-electron chi connectivity index (χ3n) is 2.40. The van der Waals surface area contributed by atoms with Crippen molar-refractivity contribution < 1.29 is 23.9 Å². The summed E-state index contributed by atoms with van der Waals surface area (Å²) in [5, 5.41) is 11.3. The molecule has 1 heterocycles. The molecule has 0 aromatic carbocycles. The van der Waals surface area contributed by atoms with Crippen molar-refractivity contribution in [3.8, 4) is 0 Å². The summed E-state index contributed by atoms with van der Waals surface area (Å²) in [4.78, 5) is 33.6. The van der Waals surface area contributed by atoms with E-state index in [1.54, 1.807) is 13.8 Å². The van der Waals surface area contributed by atoms with Crippen molar-refractivity contribution >= 4 is 17.7 Å². The van der Waals surface area contributed by atoms with Gasteiger partial charge in [0.05, 0.1) is 0 Å². The number of ketones is 1. The van der Waals surface area contributed by atoms with Crippen molar-refractivity contribution in [2.75, 3.05) is 0 Å². The van der Waals surface area contributed by atoms with Crippen LogP contribution >= 0.6 is 0 Å². The van der Waals surface area contributed by atoms with Crippen LogP contribution in [0.25, 0.3) is 0 Å². The third-order valence-corrected chi connectivity index (χ3v) is 2.40. The second-order valence-corrected chi connectivity index (χ2v) is 4.25. The smallest absolute Gasteiger partial charge is 0.326 e. The van der Waals surface area contributed by atoms with Gasteiger partial charge in [-0.25, -0.2) is 4.79 Å². The van der Waals surface area contributed by atoms with E-state index in [4.69, 9.17) is 9.52 Å². The SMILES string of the molecule is CC(=O)c1ccc(C(=O)N[C@@H](C(=O)O)C(C)C)o1. The molecule has 1 aromatic heterocycles. The Hall–Kier alpha value is -2.11. The maximum absolute atomic E-state index is 11.7. The Balaban J connectivity index is 2.80. The topological polar surface area (TPSA) is 96.6 Å². The van der Waals surface area contributed by atoms with Gasteiger partial charge in [-0.05, 0) is 18.1 Å². The molecular weight excluding hydrogens is 238 g/mol. The van der Waals surface area contributed by atoms with E-state index in [0.29, 0.717) is 0 Å². The zero-order valence-electron chi connectivity index (χ0n) is 10.4. The summed E-state index contributed by atoms with van der Waals surface area (Å²) in [5.74, 6) is -2.33. The van der Waals surface area contributed by atoms with Gasteiger partial charge in [0.1, 0.15) is 6.04 Å².